The molecule has 0 radical (unpaired) electrons. The molecule has 3 aromatic rings. The first-order chi connectivity index (χ1) is 11.1. The molecule has 1 saturated carbocycles. The van der Waals surface area contributed by atoms with Crippen LogP contribution in [0.4, 0.5) is 5.82 Å². The zero-order valence-electron chi connectivity index (χ0n) is 12.1. The van der Waals surface area contributed by atoms with Crippen LogP contribution in [0.2, 0.25) is 0 Å². The molecular formula is C13H14IN7O2. The molecule has 1 aliphatic rings. The summed E-state index contributed by atoms with van der Waals surface area (Å²) in [5.74, 6) is 0.819. The number of hydrogen-bond donors (Lipinski definition) is 2. The lowest BCUT2D eigenvalue weighted by Crippen LogP contribution is -2.19. The van der Waals surface area contributed by atoms with Crippen molar-refractivity contribution >= 4 is 39.4 Å². The van der Waals surface area contributed by atoms with Gasteiger partial charge in [0.05, 0.1) is 11.4 Å². The molecule has 0 unspecified atom stereocenters. The van der Waals surface area contributed by atoms with Crippen molar-refractivity contribution in [3.05, 3.63) is 26.4 Å². The highest BCUT2D eigenvalue weighted by atomic mass is 127. The first-order valence-corrected chi connectivity index (χ1v) is 8.41. The monoisotopic (exact) mass is 427 g/mol. The Morgan fingerprint density at radius 3 is 2.78 bits per heavy atom. The lowest BCUT2D eigenvalue weighted by molar-refractivity contribution is 0.295. The predicted molar refractivity (Wildman–Crippen MR) is 89.8 cm³/mol. The van der Waals surface area contributed by atoms with E-state index in [1.807, 2.05) is 4.68 Å². The van der Waals surface area contributed by atoms with Crippen molar-refractivity contribution in [1.29, 1.82) is 0 Å². The van der Waals surface area contributed by atoms with Crippen molar-refractivity contribution in [3.8, 4) is 0 Å². The number of aromatic amines is 1. The van der Waals surface area contributed by atoms with Gasteiger partial charge in [0.15, 0.2) is 11.5 Å². The van der Waals surface area contributed by atoms with Gasteiger partial charge in [-0.3, -0.25) is 9.51 Å². The average Bonchev–Trinajstić information content (AvgIpc) is 3.12. The third-order valence-corrected chi connectivity index (χ3v) is 5.12. The third kappa shape index (κ3) is 2.50. The van der Waals surface area contributed by atoms with Crippen molar-refractivity contribution in [2.75, 3.05) is 5.73 Å². The maximum absolute atomic E-state index is 11.1. The number of nitrogens with zero attached hydrogens (tertiary/aromatic N) is 5. The van der Waals surface area contributed by atoms with Gasteiger partial charge in [0.25, 0.3) is 0 Å². The van der Waals surface area contributed by atoms with Crippen molar-refractivity contribution in [2.45, 2.75) is 37.6 Å². The van der Waals surface area contributed by atoms with E-state index in [1.165, 1.54) is 6.33 Å². The number of H-pyrrole nitrogens is 1. The molecule has 0 saturated heterocycles. The number of rotatable bonds is 2. The Balaban J connectivity index is 1.59. The second-order valence-corrected chi connectivity index (χ2v) is 6.70. The summed E-state index contributed by atoms with van der Waals surface area (Å²) >= 11 is 2.16. The van der Waals surface area contributed by atoms with Crippen LogP contribution in [0.15, 0.2) is 15.6 Å². The van der Waals surface area contributed by atoms with Crippen LogP contribution in [0.25, 0.3) is 11.0 Å². The topological polar surface area (TPSA) is 129 Å². The van der Waals surface area contributed by atoms with E-state index in [4.69, 9.17) is 5.73 Å². The number of fused-ring (bicyclic) bond motifs is 1. The Kier molecular flexibility index (Phi) is 3.54. The van der Waals surface area contributed by atoms with Crippen LogP contribution in [0.3, 0.4) is 0 Å². The van der Waals surface area contributed by atoms with E-state index in [0.29, 0.717) is 11.6 Å². The third-order valence-electron chi connectivity index (χ3n) is 4.36. The summed E-state index contributed by atoms with van der Waals surface area (Å²) in [7, 11) is 0. The van der Waals surface area contributed by atoms with Gasteiger partial charge in [0, 0.05) is 5.92 Å². The van der Waals surface area contributed by atoms with Gasteiger partial charge in [-0.1, -0.05) is 5.16 Å². The van der Waals surface area contributed by atoms with E-state index in [2.05, 4.69) is 52.3 Å². The highest BCUT2D eigenvalue weighted by molar-refractivity contribution is 14.1. The average molecular weight is 427 g/mol. The molecule has 0 spiro atoms. The lowest BCUT2D eigenvalue weighted by Gasteiger charge is -2.27. The molecule has 0 atom stereocenters. The Bertz CT molecular complexity index is 907. The van der Waals surface area contributed by atoms with Crippen LogP contribution < -0.4 is 11.5 Å². The van der Waals surface area contributed by atoms with Crippen LogP contribution in [-0.4, -0.2) is 29.9 Å². The standard InChI is InChI=1S/C13H14IN7O2/c14-9-8-10(15)16-5-17-12(8)21(19-9)7-3-1-6(2-4-7)11-18-13(22)23-20-11/h5-7H,1-4H2,(H2,15,16,17)(H,18,20,22). The van der Waals surface area contributed by atoms with Crippen LogP contribution in [0.1, 0.15) is 43.5 Å². The zero-order valence-corrected chi connectivity index (χ0v) is 14.2. The van der Waals surface area contributed by atoms with Gasteiger partial charge in [-0.25, -0.2) is 19.4 Å². The molecule has 0 aliphatic heterocycles. The fourth-order valence-corrected chi connectivity index (χ4v) is 3.97. The molecule has 0 bridgehead atoms. The molecule has 23 heavy (non-hydrogen) atoms. The van der Waals surface area contributed by atoms with E-state index in [9.17, 15) is 4.79 Å². The van der Waals surface area contributed by atoms with Gasteiger partial charge in [0.1, 0.15) is 15.8 Å². The van der Waals surface area contributed by atoms with E-state index in [0.717, 1.165) is 40.4 Å². The van der Waals surface area contributed by atoms with Crippen LogP contribution in [-0.2, 0) is 0 Å². The molecule has 0 amide bonds. The number of nitrogens with one attached hydrogen (secondary N) is 1. The first kappa shape index (κ1) is 14.6. The van der Waals surface area contributed by atoms with E-state index >= 15 is 0 Å². The molecule has 4 rings (SSSR count). The highest BCUT2D eigenvalue weighted by Gasteiger charge is 2.28. The molecule has 1 aliphatic carbocycles. The largest absolute Gasteiger partial charge is 0.438 e. The Morgan fingerprint density at radius 1 is 1.30 bits per heavy atom. The summed E-state index contributed by atoms with van der Waals surface area (Å²) in [6, 6.07) is 0.255. The summed E-state index contributed by atoms with van der Waals surface area (Å²) in [5, 5.41) is 9.22. The molecule has 10 heteroatoms. The second-order valence-electron chi connectivity index (χ2n) is 5.68. The van der Waals surface area contributed by atoms with E-state index < -0.39 is 5.76 Å². The number of halogens is 1. The predicted octanol–water partition coefficient (Wildman–Crippen LogP) is 1.59. The van der Waals surface area contributed by atoms with Crippen molar-refractivity contribution in [3.63, 3.8) is 0 Å². The van der Waals surface area contributed by atoms with Crippen molar-refractivity contribution < 1.29 is 4.52 Å². The summed E-state index contributed by atoms with van der Waals surface area (Å²) in [5.41, 5.74) is 6.72. The minimum atomic E-state index is -0.498. The minimum absolute atomic E-state index is 0.221. The highest BCUT2D eigenvalue weighted by Crippen LogP contribution is 2.38. The lowest BCUT2D eigenvalue weighted by atomic mass is 9.85. The summed E-state index contributed by atoms with van der Waals surface area (Å²) in [6.07, 6.45) is 5.14. The van der Waals surface area contributed by atoms with Crippen LogP contribution >= 0.6 is 22.6 Å². The van der Waals surface area contributed by atoms with Crippen molar-refractivity contribution in [2.24, 2.45) is 0 Å². The normalized spacial score (nSPS) is 21.8. The fraction of sp³-hybridized carbons (Fsp3) is 0.462. The van der Waals surface area contributed by atoms with Gasteiger partial charge in [-0.15, -0.1) is 0 Å². The maximum atomic E-state index is 11.1. The number of nitrogens with two attached hydrogens (primary N) is 1. The fourth-order valence-electron chi connectivity index (χ4n) is 3.22. The zero-order chi connectivity index (χ0) is 16.0. The Morgan fingerprint density at radius 2 is 2.09 bits per heavy atom. The molecule has 3 N–H and O–H groups in total. The molecule has 120 valence electrons. The van der Waals surface area contributed by atoms with Gasteiger partial charge in [-0.05, 0) is 48.3 Å². The number of nitrogen functional groups attached to an aromatic ring is 1. The van der Waals surface area contributed by atoms with Gasteiger partial charge < -0.3 is 5.73 Å². The Hall–Kier alpha value is -1.98. The molecule has 9 nitrogen and oxygen atoms in total. The number of aromatic nitrogens is 6. The molecular weight excluding hydrogens is 413 g/mol. The minimum Gasteiger partial charge on any atom is -0.383 e. The van der Waals surface area contributed by atoms with Gasteiger partial charge >= 0.3 is 5.76 Å². The quantitative estimate of drug-likeness (QED) is 0.595. The summed E-state index contributed by atoms with van der Waals surface area (Å²) < 4.78 is 7.37. The van der Waals surface area contributed by atoms with Gasteiger partial charge in [-0.2, -0.15) is 5.10 Å². The number of hydrogen-bond acceptors (Lipinski definition) is 7. The first-order valence-electron chi connectivity index (χ1n) is 7.33. The maximum Gasteiger partial charge on any atom is 0.438 e. The van der Waals surface area contributed by atoms with Crippen LogP contribution in [0.5, 0.6) is 0 Å². The van der Waals surface area contributed by atoms with Crippen molar-refractivity contribution in [1.82, 2.24) is 29.9 Å². The Labute approximate surface area is 143 Å². The van der Waals surface area contributed by atoms with E-state index in [1.54, 1.807) is 0 Å². The molecule has 1 fully saturated rings. The molecule has 0 aromatic carbocycles. The molecule has 3 aromatic heterocycles. The summed E-state index contributed by atoms with van der Waals surface area (Å²) in [4.78, 5) is 22.1. The van der Waals surface area contributed by atoms with Crippen LogP contribution in [0, 0.1) is 3.70 Å². The second kappa shape index (κ2) is 5.58. The smallest absolute Gasteiger partial charge is 0.383 e. The summed E-state index contributed by atoms with van der Waals surface area (Å²) in [6.45, 7) is 0. The van der Waals surface area contributed by atoms with Gasteiger partial charge in [0.2, 0.25) is 0 Å². The van der Waals surface area contributed by atoms with E-state index in [-0.39, 0.29) is 12.0 Å². The SMILES string of the molecule is Nc1ncnc2c1c(I)nn2C1CCC(c2noc(=O)[nH]2)CC1. The number of anilines is 1. The molecule has 3 heterocycles.